The molecule has 2 aromatic carbocycles. The van der Waals surface area contributed by atoms with Crippen LogP contribution in [0, 0.1) is 21.4 Å². The van der Waals surface area contributed by atoms with Gasteiger partial charge in [0.2, 0.25) is 0 Å². The Hall–Kier alpha value is -2.58. The van der Waals surface area contributed by atoms with Gasteiger partial charge in [0.15, 0.2) is 0 Å². The molecular weight excluding hydrogens is 278 g/mol. The van der Waals surface area contributed by atoms with Crippen molar-refractivity contribution in [1.82, 2.24) is 0 Å². The molecule has 0 unspecified atom stereocenters. The van der Waals surface area contributed by atoms with Crippen molar-refractivity contribution in [2.45, 2.75) is 6.54 Å². The first-order chi connectivity index (χ1) is 9.60. The van der Waals surface area contributed by atoms with Gasteiger partial charge in [-0.3, -0.25) is 10.1 Å². The van der Waals surface area contributed by atoms with E-state index in [1.54, 1.807) is 36.4 Å². The molecule has 20 heavy (non-hydrogen) atoms. The van der Waals surface area contributed by atoms with Crippen molar-refractivity contribution in [2.24, 2.45) is 0 Å². The number of halogens is 1. The third kappa shape index (κ3) is 3.25. The zero-order valence-electron chi connectivity index (χ0n) is 10.3. The first-order valence-electron chi connectivity index (χ1n) is 5.77. The minimum atomic E-state index is -0.479. The van der Waals surface area contributed by atoms with Crippen LogP contribution in [0.1, 0.15) is 11.1 Å². The normalized spacial score (nSPS) is 9.80. The number of hydrogen-bond acceptors (Lipinski definition) is 4. The lowest BCUT2D eigenvalue weighted by molar-refractivity contribution is -0.383. The van der Waals surface area contributed by atoms with Crippen molar-refractivity contribution in [1.29, 1.82) is 5.26 Å². The molecule has 0 amide bonds. The smallest absolute Gasteiger partial charge is 0.293 e. The van der Waals surface area contributed by atoms with Gasteiger partial charge in [-0.25, -0.2) is 0 Å². The molecule has 2 aromatic rings. The van der Waals surface area contributed by atoms with Crippen LogP contribution in [0.25, 0.3) is 0 Å². The van der Waals surface area contributed by atoms with Crippen LogP contribution in [0.3, 0.4) is 0 Å². The Bertz CT molecular complexity index is 678. The predicted octanol–water partition coefficient (Wildman–Crippen LogP) is 3.73. The van der Waals surface area contributed by atoms with Gasteiger partial charge in [-0.1, -0.05) is 23.7 Å². The van der Waals surface area contributed by atoms with Crippen molar-refractivity contribution < 1.29 is 4.92 Å². The quantitative estimate of drug-likeness (QED) is 0.686. The van der Waals surface area contributed by atoms with E-state index in [0.717, 1.165) is 5.56 Å². The predicted molar refractivity (Wildman–Crippen MR) is 76.6 cm³/mol. The summed E-state index contributed by atoms with van der Waals surface area (Å²) in [7, 11) is 0. The Morgan fingerprint density at radius 2 is 1.95 bits per heavy atom. The van der Waals surface area contributed by atoms with Gasteiger partial charge in [-0.15, -0.1) is 0 Å². The summed E-state index contributed by atoms with van der Waals surface area (Å²) in [6, 6.07) is 13.5. The number of nitrogens with one attached hydrogen (secondary N) is 1. The van der Waals surface area contributed by atoms with E-state index in [-0.39, 0.29) is 5.69 Å². The second-order valence-electron chi connectivity index (χ2n) is 4.08. The van der Waals surface area contributed by atoms with Gasteiger partial charge < -0.3 is 5.32 Å². The van der Waals surface area contributed by atoms with Gasteiger partial charge in [0.1, 0.15) is 5.69 Å². The summed E-state index contributed by atoms with van der Waals surface area (Å²) < 4.78 is 0. The molecule has 0 aliphatic rings. The van der Waals surface area contributed by atoms with Crippen LogP contribution in [-0.4, -0.2) is 4.92 Å². The largest absolute Gasteiger partial charge is 0.375 e. The van der Waals surface area contributed by atoms with E-state index in [0.29, 0.717) is 22.8 Å². The number of nitriles is 1. The van der Waals surface area contributed by atoms with Crippen LogP contribution in [0.2, 0.25) is 5.02 Å². The minimum Gasteiger partial charge on any atom is -0.375 e. The van der Waals surface area contributed by atoms with E-state index in [2.05, 4.69) is 5.32 Å². The first-order valence-corrected chi connectivity index (χ1v) is 6.15. The Labute approximate surface area is 120 Å². The second-order valence-corrected chi connectivity index (χ2v) is 4.52. The molecule has 6 heteroatoms. The van der Waals surface area contributed by atoms with Crippen LogP contribution in [0.15, 0.2) is 42.5 Å². The van der Waals surface area contributed by atoms with E-state index in [1.807, 2.05) is 6.07 Å². The van der Waals surface area contributed by atoms with Gasteiger partial charge in [-0.2, -0.15) is 5.26 Å². The lowest BCUT2D eigenvalue weighted by atomic mass is 10.1. The van der Waals surface area contributed by atoms with Crippen LogP contribution in [0.4, 0.5) is 11.4 Å². The van der Waals surface area contributed by atoms with Gasteiger partial charge >= 0.3 is 0 Å². The topological polar surface area (TPSA) is 79.0 Å². The summed E-state index contributed by atoms with van der Waals surface area (Å²) in [5.41, 5.74) is 1.84. The standard InChI is InChI=1S/C14H10ClN3O2/c15-12-5-6-13(14(7-12)18(19)20)17-9-11-3-1-10(8-16)2-4-11/h1-7,17H,9H2. The van der Waals surface area contributed by atoms with E-state index in [4.69, 9.17) is 16.9 Å². The monoisotopic (exact) mass is 287 g/mol. The van der Waals surface area contributed by atoms with Gasteiger partial charge in [0.25, 0.3) is 5.69 Å². The Morgan fingerprint density at radius 3 is 2.55 bits per heavy atom. The maximum Gasteiger partial charge on any atom is 0.293 e. The summed E-state index contributed by atoms with van der Waals surface area (Å²) in [4.78, 5) is 10.5. The number of nitrogens with zero attached hydrogens (tertiary/aromatic N) is 2. The molecule has 0 bridgehead atoms. The number of rotatable bonds is 4. The molecule has 0 atom stereocenters. The van der Waals surface area contributed by atoms with Crippen LogP contribution >= 0.6 is 11.6 Å². The maximum absolute atomic E-state index is 10.9. The van der Waals surface area contributed by atoms with Gasteiger partial charge in [0, 0.05) is 17.6 Å². The van der Waals surface area contributed by atoms with E-state index >= 15 is 0 Å². The molecule has 100 valence electrons. The number of hydrogen-bond donors (Lipinski definition) is 1. The third-order valence-electron chi connectivity index (χ3n) is 2.72. The molecule has 0 heterocycles. The molecule has 0 aliphatic heterocycles. The summed E-state index contributed by atoms with van der Waals surface area (Å²) in [5.74, 6) is 0. The first kappa shape index (κ1) is 13.8. The fourth-order valence-corrected chi connectivity index (χ4v) is 1.87. The van der Waals surface area contributed by atoms with Crippen molar-refractivity contribution in [3.8, 4) is 6.07 Å². The third-order valence-corrected chi connectivity index (χ3v) is 2.96. The molecule has 0 radical (unpaired) electrons. The van der Waals surface area contributed by atoms with Crippen molar-refractivity contribution in [2.75, 3.05) is 5.32 Å². The van der Waals surface area contributed by atoms with E-state index in [9.17, 15) is 10.1 Å². The average Bonchev–Trinajstić information content (AvgIpc) is 2.46. The number of anilines is 1. The SMILES string of the molecule is N#Cc1ccc(CNc2ccc(Cl)cc2[N+](=O)[O-])cc1. The second kappa shape index (κ2) is 6.04. The van der Waals surface area contributed by atoms with Crippen LogP contribution in [-0.2, 0) is 6.54 Å². The van der Waals surface area contributed by atoms with Gasteiger partial charge in [0.05, 0.1) is 16.6 Å². The number of benzene rings is 2. The fourth-order valence-electron chi connectivity index (χ4n) is 1.70. The van der Waals surface area contributed by atoms with Gasteiger partial charge in [-0.05, 0) is 29.8 Å². The molecule has 0 aromatic heterocycles. The fraction of sp³-hybridized carbons (Fsp3) is 0.0714. The molecular formula is C14H10ClN3O2. The molecule has 0 saturated carbocycles. The molecule has 5 nitrogen and oxygen atoms in total. The molecule has 1 N–H and O–H groups in total. The van der Waals surface area contributed by atoms with Crippen molar-refractivity contribution in [3.63, 3.8) is 0 Å². The number of nitro groups is 1. The summed E-state index contributed by atoms with van der Waals surface area (Å²) in [5, 5.41) is 23.0. The molecule has 0 saturated heterocycles. The lowest BCUT2D eigenvalue weighted by Crippen LogP contribution is -2.02. The van der Waals surface area contributed by atoms with Crippen LogP contribution < -0.4 is 5.32 Å². The van der Waals surface area contributed by atoms with Crippen LogP contribution in [0.5, 0.6) is 0 Å². The summed E-state index contributed by atoms with van der Waals surface area (Å²) in [6.45, 7) is 0.425. The van der Waals surface area contributed by atoms with E-state index in [1.165, 1.54) is 6.07 Å². The Balaban J connectivity index is 2.14. The molecule has 0 aliphatic carbocycles. The highest BCUT2D eigenvalue weighted by Crippen LogP contribution is 2.28. The Kier molecular flexibility index (Phi) is 4.18. The summed E-state index contributed by atoms with van der Waals surface area (Å²) in [6.07, 6.45) is 0. The maximum atomic E-state index is 10.9. The lowest BCUT2D eigenvalue weighted by Gasteiger charge is -2.07. The zero-order valence-corrected chi connectivity index (χ0v) is 11.1. The highest BCUT2D eigenvalue weighted by molar-refractivity contribution is 6.30. The zero-order chi connectivity index (χ0) is 14.5. The average molecular weight is 288 g/mol. The Morgan fingerprint density at radius 1 is 1.25 bits per heavy atom. The molecule has 2 rings (SSSR count). The van der Waals surface area contributed by atoms with Crippen molar-refractivity contribution >= 4 is 23.0 Å². The minimum absolute atomic E-state index is 0.0638. The highest BCUT2D eigenvalue weighted by Gasteiger charge is 2.13. The highest BCUT2D eigenvalue weighted by atomic mass is 35.5. The molecule has 0 fully saturated rings. The molecule has 0 spiro atoms. The summed E-state index contributed by atoms with van der Waals surface area (Å²) >= 11 is 5.75. The van der Waals surface area contributed by atoms with Crippen molar-refractivity contribution in [3.05, 3.63) is 68.7 Å². The van der Waals surface area contributed by atoms with E-state index < -0.39 is 4.92 Å². The number of nitro benzene ring substituents is 1.